The van der Waals surface area contributed by atoms with E-state index in [1.807, 2.05) is 0 Å². The molecule has 0 radical (unpaired) electrons. The van der Waals surface area contributed by atoms with Gasteiger partial charge in [0.15, 0.2) is 0 Å². The zero-order valence-electron chi connectivity index (χ0n) is 12.6. The molecule has 4 heteroatoms. The Kier molecular flexibility index (Phi) is 4.40. The van der Waals surface area contributed by atoms with Gasteiger partial charge in [0.2, 0.25) is 0 Å². The van der Waals surface area contributed by atoms with E-state index in [0.29, 0.717) is 11.3 Å². The van der Waals surface area contributed by atoms with Crippen LogP contribution in [0.1, 0.15) is 45.2 Å². The normalized spacial score (nSPS) is 19.6. The highest BCUT2D eigenvalue weighted by molar-refractivity contribution is 5.35. The molecule has 106 valence electrons. The minimum Gasteiger partial charge on any atom is -0.369 e. The van der Waals surface area contributed by atoms with Crippen LogP contribution >= 0.6 is 0 Å². The molecule has 1 aromatic rings. The summed E-state index contributed by atoms with van der Waals surface area (Å²) in [6.45, 7) is 10.1. The van der Waals surface area contributed by atoms with E-state index in [1.165, 1.54) is 25.9 Å². The van der Waals surface area contributed by atoms with Crippen LogP contribution in [0.5, 0.6) is 0 Å². The highest BCUT2D eigenvalue weighted by Crippen LogP contribution is 2.30. The first-order valence-corrected chi connectivity index (χ1v) is 7.23. The second kappa shape index (κ2) is 5.87. The van der Waals surface area contributed by atoms with Gasteiger partial charge in [0.1, 0.15) is 12.1 Å². The van der Waals surface area contributed by atoms with Gasteiger partial charge in [0.05, 0.1) is 0 Å². The molecule has 0 atom stereocenters. The number of anilines is 1. The van der Waals surface area contributed by atoms with Crippen molar-refractivity contribution in [2.45, 2.75) is 39.5 Å². The molecule has 0 spiro atoms. The predicted molar refractivity (Wildman–Crippen MR) is 79.4 cm³/mol. The van der Waals surface area contributed by atoms with Crippen molar-refractivity contribution in [3.05, 3.63) is 18.1 Å². The Morgan fingerprint density at radius 2 is 2.00 bits per heavy atom. The van der Waals surface area contributed by atoms with Crippen molar-refractivity contribution < 1.29 is 0 Å². The third-order valence-electron chi connectivity index (χ3n) is 4.17. The van der Waals surface area contributed by atoms with Gasteiger partial charge in [-0.1, -0.05) is 20.8 Å². The summed E-state index contributed by atoms with van der Waals surface area (Å²) in [6, 6.07) is 2.07. The zero-order chi connectivity index (χ0) is 13.9. The molecule has 1 aliphatic heterocycles. The van der Waals surface area contributed by atoms with Gasteiger partial charge in [-0.05, 0) is 44.3 Å². The Labute approximate surface area is 116 Å². The van der Waals surface area contributed by atoms with Gasteiger partial charge in [-0.2, -0.15) is 0 Å². The SMILES string of the molecule is CC(C)c1cc(NCC2(C)CCN(C)CC2)ncn1. The lowest BCUT2D eigenvalue weighted by molar-refractivity contribution is 0.150. The van der Waals surface area contributed by atoms with Crippen molar-refractivity contribution in [1.82, 2.24) is 14.9 Å². The monoisotopic (exact) mass is 262 g/mol. The molecule has 1 fully saturated rings. The van der Waals surface area contributed by atoms with E-state index in [1.54, 1.807) is 6.33 Å². The van der Waals surface area contributed by atoms with Crippen molar-refractivity contribution in [3.63, 3.8) is 0 Å². The van der Waals surface area contributed by atoms with E-state index in [0.717, 1.165) is 18.1 Å². The summed E-state index contributed by atoms with van der Waals surface area (Å²) >= 11 is 0. The Morgan fingerprint density at radius 1 is 1.32 bits per heavy atom. The fourth-order valence-electron chi connectivity index (χ4n) is 2.42. The molecule has 0 aromatic carbocycles. The summed E-state index contributed by atoms with van der Waals surface area (Å²) in [4.78, 5) is 11.0. The van der Waals surface area contributed by atoms with E-state index in [2.05, 4.69) is 54.1 Å². The topological polar surface area (TPSA) is 41.0 Å². The zero-order valence-corrected chi connectivity index (χ0v) is 12.6. The van der Waals surface area contributed by atoms with E-state index in [-0.39, 0.29) is 0 Å². The van der Waals surface area contributed by atoms with Gasteiger partial charge in [0, 0.05) is 18.3 Å². The van der Waals surface area contributed by atoms with Gasteiger partial charge < -0.3 is 10.2 Å². The molecule has 0 bridgehead atoms. The molecule has 4 nitrogen and oxygen atoms in total. The molecule has 2 rings (SSSR count). The second-order valence-corrected chi connectivity index (χ2v) is 6.45. The smallest absolute Gasteiger partial charge is 0.129 e. The standard InChI is InChI=1S/C15H26N4/c1-12(2)13-9-14(18-11-17-13)16-10-15(3)5-7-19(4)8-6-15/h9,11-12H,5-8,10H2,1-4H3,(H,16,17,18). The van der Waals surface area contributed by atoms with Gasteiger partial charge in [-0.15, -0.1) is 0 Å². The summed E-state index contributed by atoms with van der Waals surface area (Å²) in [5, 5.41) is 3.50. The van der Waals surface area contributed by atoms with Crippen LogP contribution in [-0.4, -0.2) is 41.5 Å². The number of hydrogen-bond acceptors (Lipinski definition) is 4. The van der Waals surface area contributed by atoms with Crippen LogP contribution in [0.3, 0.4) is 0 Å². The molecule has 1 N–H and O–H groups in total. The minimum absolute atomic E-state index is 0.384. The van der Waals surface area contributed by atoms with Crippen LogP contribution in [0.4, 0.5) is 5.82 Å². The Bertz CT molecular complexity index is 408. The lowest BCUT2D eigenvalue weighted by Crippen LogP contribution is -2.40. The summed E-state index contributed by atoms with van der Waals surface area (Å²) in [5.74, 6) is 1.40. The van der Waals surface area contributed by atoms with Crippen LogP contribution in [-0.2, 0) is 0 Å². The maximum absolute atomic E-state index is 4.32. The van der Waals surface area contributed by atoms with Crippen LogP contribution in [0.2, 0.25) is 0 Å². The highest BCUT2D eigenvalue weighted by Gasteiger charge is 2.28. The first kappa shape index (κ1) is 14.3. The number of likely N-dealkylation sites (tertiary alicyclic amines) is 1. The van der Waals surface area contributed by atoms with Crippen molar-refractivity contribution in [3.8, 4) is 0 Å². The molecule has 1 saturated heterocycles. The first-order chi connectivity index (χ1) is 8.98. The fourth-order valence-corrected chi connectivity index (χ4v) is 2.42. The quantitative estimate of drug-likeness (QED) is 0.906. The number of piperidine rings is 1. The number of rotatable bonds is 4. The van der Waals surface area contributed by atoms with Crippen LogP contribution in [0.15, 0.2) is 12.4 Å². The van der Waals surface area contributed by atoms with Gasteiger partial charge in [0.25, 0.3) is 0 Å². The van der Waals surface area contributed by atoms with E-state index < -0.39 is 0 Å². The van der Waals surface area contributed by atoms with E-state index >= 15 is 0 Å². The molecule has 19 heavy (non-hydrogen) atoms. The molecule has 1 aliphatic rings. The van der Waals surface area contributed by atoms with Crippen molar-refractivity contribution in [1.29, 1.82) is 0 Å². The van der Waals surface area contributed by atoms with Crippen LogP contribution in [0.25, 0.3) is 0 Å². The molecule has 0 unspecified atom stereocenters. The lowest BCUT2D eigenvalue weighted by atomic mass is 9.80. The molecule has 0 saturated carbocycles. The molecular formula is C15H26N4. The minimum atomic E-state index is 0.384. The third-order valence-corrected chi connectivity index (χ3v) is 4.17. The average molecular weight is 262 g/mol. The second-order valence-electron chi connectivity index (χ2n) is 6.45. The highest BCUT2D eigenvalue weighted by atomic mass is 15.1. The predicted octanol–water partition coefficient (Wildman–Crippen LogP) is 2.74. The maximum atomic E-state index is 4.32. The number of nitrogens with zero attached hydrogens (tertiary/aromatic N) is 3. The lowest BCUT2D eigenvalue weighted by Gasteiger charge is -2.38. The van der Waals surface area contributed by atoms with Gasteiger partial charge in [-0.25, -0.2) is 9.97 Å². The van der Waals surface area contributed by atoms with E-state index in [4.69, 9.17) is 0 Å². The summed E-state index contributed by atoms with van der Waals surface area (Å²) in [7, 11) is 2.20. The largest absolute Gasteiger partial charge is 0.369 e. The molecular weight excluding hydrogens is 236 g/mol. The van der Waals surface area contributed by atoms with Crippen LogP contribution < -0.4 is 5.32 Å². The van der Waals surface area contributed by atoms with E-state index in [9.17, 15) is 0 Å². The third kappa shape index (κ3) is 3.90. The fraction of sp³-hybridized carbons (Fsp3) is 0.733. The molecule has 1 aromatic heterocycles. The Morgan fingerprint density at radius 3 is 2.63 bits per heavy atom. The Balaban J connectivity index is 1.93. The molecule has 0 aliphatic carbocycles. The van der Waals surface area contributed by atoms with Crippen molar-refractivity contribution >= 4 is 5.82 Å². The first-order valence-electron chi connectivity index (χ1n) is 7.23. The number of hydrogen-bond donors (Lipinski definition) is 1. The molecule has 0 amide bonds. The summed E-state index contributed by atoms with van der Waals surface area (Å²) in [5.41, 5.74) is 1.49. The van der Waals surface area contributed by atoms with Gasteiger partial charge >= 0.3 is 0 Å². The number of aromatic nitrogens is 2. The van der Waals surface area contributed by atoms with Crippen LogP contribution in [0, 0.1) is 5.41 Å². The average Bonchev–Trinajstić information content (AvgIpc) is 2.41. The molecule has 2 heterocycles. The number of nitrogens with one attached hydrogen (secondary N) is 1. The summed E-state index contributed by atoms with van der Waals surface area (Å²) < 4.78 is 0. The Hall–Kier alpha value is -1.16. The maximum Gasteiger partial charge on any atom is 0.129 e. The summed E-state index contributed by atoms with van der Waals surface area (Å²) in [6.07, 6.45) is 4.16. The van der Waals surface area contributed by atoms with Gasteiger partial charge in [-0.3, -0.25) is 0 Å². The van der Waals surface area contributed by atoms with Crippen molar-refractivity contribution in [2.24, 2.45) is 5.41 Å². The van der Waals surface area contributed by atoms with Crippen molar-refractivity contribution in [2.75, 3.05) is 32.0 Å².